The van der Waals surface area contributed by atoms with Gasteiger partial charge in [-0.1, -0.05) is 73.2 Å². The lowest BCUT2D eigenvalue weighted by molar-refractivity contribution is -0.146. The number of rotatable bonds is 5. The molecule has 8 nitrogen and oxygen atoms in total. The van der Waals surface area contributed by atoms with Crippen LogP contribution in [0.5, 0.6) is 0 Å². The van der Waals surface area contributed by atoms with Crippen molar-refractivity contribution in [3.8, 4) is 0 Å². The number of fused-ring (bicyclic) bond motifs is 2. The maximum Gasteiger partial charge on any atom is 0.253 e. The van der Waals surface area contributed by atoms with E-state index < -0.39 is 29.1 Å². The quantitative estimate of drug-likeness (QED) is 0.564. The summed E-state index contributed by atoms with van der Waals surface area (Å²) in [5.41, 5.74) is -0.358. The van der Waals surface area contributed by atoms with Gasteiger partial charge >= 0.3 is 0 Å². The minimum atomic E-state index is -1.40. The predicted molar refractivity (Wildman–Crippen MR) is 152 cm³/mol. The first kappa shape index (κ1) is 26.7. The van der Waals surface area contributed by atoms with Crippen LogP contribution >= 0.6 is 11.6 Å². The number of nitrogens with zero attached hydrogens (tertiary/aromatic N) is 3. The average Bonchev–Trinajstić information content (AvgIpc) is 3.23. The Bertz CT molecular complexity index is 1410. The zero-order valence-electron chi connectivity index (χ0n) is 22.5. The molecule has 6 rings (SSSR count). The van der Waals surface area contributed by atoms with Gasteiger partial charge in [0.05, 0.1) is 34.8 Å². The van der Waals surface area contributed by atoms with E-state index in [4.69, 9.17) is 16.3 Å². The van der Waals surface area contributed by atoms with Crippen molar-refractivity contribution in [2.75, 3.05) is 36.0 Å². The highest BCUT2D eigenvalue weighted by Gasteiger charge is 2.75. The van der Waals surface area contributed by atoms with Gasteiger partial charge in [-0.25, -0.2) is 0 Å². The van der Waals surface area contributed by atoms with Crippen LogP contribution in [0.25, 0.3) is 0 Å². The molecule has 2 saturated heterocycles. The molecule has 3 amide bonds. The molecule has 1 unspecified atom stereocenters. The summed E-state index contributed by atoms with van der Waals surface area (Å²) in [5.74, 6) is -2.75. The number of aliphatic hydroxyl groups excluding tert-OH is 1. The Hall–Kier alpha value is -3.46. The molecule has 2 aromatic rings. The maximum absolute atomic E-state index is 14.5. The van der Waals surface area contributed by atoms with Gasteiger partial charge in [-0.3, -0.25) is 14.4 Å². The van der Waals surface area contributed by atoms with E-state index in [-0.39, 0.29) is 37.4 Å². The number of hydrogen-bond donors (Lipinski definition) is 1. The van der Waals surface area contributed by atoms with Crippen LogP contribution < -0.4 is 9.80 Å². The van der Waals surface area contributed by atoms with Crippen molar-refractivity contribution < 1.29 is 24.2 Å². The van der Waals surface area contributed by atoms with E-state index >= 15 is 0 Å². The molecule has 40 heavy (non-hydrogen) atoms. The number of amides is 3. The Balaban J connectivity index is 1.51. The molecule has 1 N–H and O–H groups in total. The summed E-state index contributed by atoms with van der Waals surface area (Å²) in [6.45, 7) is 4.00. The van der Waals surface area contributed by atoms with E-state index in [1.165, 1.54) is 4.90 Å². The first-order chi connectivity index (χ1) is 19.3. The van der Waals surface area contributed by atoms with Crippen molar-refractivity contribution >= 4 is 40.7 Å². The summed E-state index contributed by atoms with van der Waals surface area (Å²) in [5, 5.41) is 10.4. The standard InChI is InChI=1S/C31H32ClN3O5/c1-3-30-14-8-16-33(21-11-5-4-6-12-21)27(37)23(30)24-28(38)35(18-19-36)26-29(39)34(17-9-15-31(24,26)40-30)25-20(2)10-7-13-22(25)32/h4-15,23-24,26,36H,3,16-19H2,1-2H3/t23-,24+,26?,30+,31+/m1/s1. The van der Waals surface area contributed by atoms with Gasteiger partial charge in [0.15, 0.2) is 0 Å². The van der Waals surface area contributed by atoms with E-state index in [1.807, 2.05) is 80.6 Å². The smallest absolute Gasteiger partial charge is 0.253 e. The molecule has 5 atom stereocenters. The normalized spacial score (nSPS) is 31.2. The molecule has 1 spiro atoms. The molecule has 2 aromatic carbocycles. The summed E-state index contributed by atoms with van der Waals surface area (Å²) < 4.78 is 6.95. The fraction of sp³-hybridized carbons (Fsp3) is 0.387. The fourth-order valence-corrected chi connectivity index (χ4v) is 7.44. The van der Waals surface area contributed by atoms with Crippen LogP contribution in [-0.4, -0.2) is 71.2 Å². The molecule has 0 aliphatic carbocycles. The van der Waals surface area contributed by atoms with Crippen molar-refractivity contribution in [1.82, 2.24) is 4.90 Å². The maximum atomic E-state index is 14.5. The van der Waals surface area contributed by atoms with Crippen LogP contribution in [-0.2, 0) is 19.1 Å². The van der Waals surface area contributed by atoms with Gasteiger partial charge in [0, 0.05) is 25.3 Å². The summed E-state index contributed by atoms with van der Waals surface area (Å²) in [4.78, 5) is 47.9. The number of carbonyl (C=O) groups is 3. The monoisotopic (exact) mass is 561 g/mol. The number of halogens is 1. The third kappa shape index (κ3) is 3.70. The van der Waals surface area contributed by atoms with Gasteiger partial charge in [0.25, 0.3) is 5.91 Å². The van der Waals surface area contributed by atoms with Crippen LogP contribution in [0.4, 0.5) is 11.4 Å². The molecule has 0 aromatic heterocycles. The number of ether oxygens (including phenoxy) is 1. The van der Waals surface area contributed by atoms with E-state index in [1.54, 1.807) is 15.9 Å². The predicted octanol–water partition coefficient (Wildman–Crippen LogP) is 3.51. The Labute approximate surface area is 238 Å². The zero-order chi connectivity index (χ0) is 28.2. The molecular formula is C31H32ClN3O5. The highest BCUT2D eigenvalue weighted by Crippen LogP contribution is 2.58. The lowest BCUT2D eigenvalue weighted by Crippen LogP contribution is -2.56. The Morgan fingerprint density at radius 2 is 1.65 bits per heavy atom. The van der Waals surface area contributed by atoms with E-state index in [0.717, 1.165) is 11.3 Å². The average molecular weight is 562 g/mol. The highest BCUT2D eigenvalue weighted by molar-refractivity contribution is 6.34. The Morgan fingerprint density at radius 3 is 2.35 bits per heavy atom. The van der Waals surface area contributed by atoms with E-state index in [9.17, 15) is 19.5 Å². The van der Waals surface area contributed by atoms with Crippen molar-refractivity contribution in [3.63, 3.8) is 0 Å². The van der Waals surface area contributed by atoms with Crippen LogP contribution in [0.1, 0.15) is 18.9 Å². The van der Waals surface area contributed by atoms with Gasteiger partial charge < -0.3 is 24.5 Å². The first-order valence-electron chi connectivity index (χ1n) is 13.7. The summed E-state index contributed by atoms with van der Waals surface area (Å²) in [7, 11) is 0. The lowest BCUT2D eigenvalue weighted by Gasteiger charge is -2.38. The summed E-state index contributed by atoms with van der Waals surface area (Å²) >= 11 is 6.59. The van der Waals surface area contributed by atoms with Gasteiger partial charge in [-0.15, -0.1) is 0 Å². The number of β-amino-alcohol motifs (C(OH)–C–C–N with tert-alkyl or cyclic N) is 1. The van der Waals surface area contributed by atoms with Gasteiger partial charge in [-0.05, 0) is 37.1 Å². The number of aliphatic hydroxyl groups is 1. The van der Waals surface area contributed by atoms with Crippen LogP contribution in [0, 0.1) is 18.8 Å². The van der Waals surface area contributed by atoms with Crippen LogP contribution in [0.15, 0.2) is 72.8 Å². The molecule has 0 saturated carbocycles. The molecular weight excluding hydrogens is 530 g/mol. The number of benzene rings is 2. The van der Waals surface area contributed by atoms with Crippen molar-refractivity contribution in [2.45, 2.75) is 37.5 Å². The number of likely N-dealkylation sites (tertiary alicyclic amines) is 1. The van der Waals surface area contributed by atoms with Crippen molar-refractivity contribution in [3.05, 3.63) is 83.4 Å². The van der Waals surface area contributed by atoms with Gasteiger partial charge in [0.1, 0.15) is 11.6 Å². The van der Waals surface area contributed by atoms with Crippen molar-refractivity contribution in [2.24, 2.45) is 11.8 Å². The number of para-hydroxylation sites is 2. The van der Waals surface area contributed by atoms with E-state index in [0.29, 0.717) is 23.7 Å². The molecule has 0 bridgehead atoms. The second kappa shape index (κ2) is 9.87. The van der Waals surface area contributed by atoms with Crippen LogP contribution in [0.3, 0.4) is 0 Å². The molecule has 4 aliphatic heterocycles. The molecule has 4 aliphatic rings. The molecule has 208 valence electrons. The van der Waals surface area contributed by atoms with Gasteiger partial charge in [0.2, 0.25) is 11.8 Å². The largest absolute Gasteiger partial charge is 0.395 e. The fourth-order valence-electron chi connectivity index (χ4n) is 7.11. The second-order valence-electron chi connectivity index (χ2n) is 10.8. The number of hydrogen-bond acceptors (Lipinski definition) is 5. The third-order valence-corrected chi connectivity index (χ3v) is 9.11. The molecule has 2 fully saturated rings. The third-order valence-electron chi connectivity index (χ3n) is 8.81. The SMILES string of the molecule is CC[C@]12C=CCN(c3ccccc3)C(=O)[C@H]1[C@H]1C(=O)N(CCO)C3C(=O)N(c4c(C)cccc4Cl)CC=C[C@@]31O2. The van der Waals surface area contributed by atoms with Crippen molar-refractivity contribution in [1.29, 1.82) is 0 Å². The number of carbonyl (C=O) groups excluding carboxylic acids is 3. The summed E-state index contributed by atoms with van der Waals surface area (Å²) in [6, 6.07) is 13.7. The van der Waals surface area contributed by atoms with Crippen LogP contribution in [0.2, 0.25) is 5.02 Å². The molecule has 0 radical (unpaired) electrons. The number of aryl methyl sites for hydroxylation is 1. The zero-order valence-corrected chi connectivity index (χ0v) is 23.3. The summed E-state index contributed by atoms with van der Waals surface area (Å²) in [6.07, 6.45) is 7.91. The Morgan fingerprint density at radius 1 is 0.925 bits per heavy atom. The lowest BCUT2D eigenvalue weighted by atomic mass is 9.73. The Kier molecular flexibility index (Phi) is 6.60. The minimum absolute atomic E-state index is 0.0572. The second-order valence-corrected chi connectivity index (χ2v) is 11.2. The first-order valence-corrected chi connectivity index (χ1v) is 14.1. The molecule has 4 heterocycles. The minimum Gasteiger partial charge on any atom is -0.395 e. The topological polar surface area (TPSA) is 90.4 Å². The number of anilines is 2. The highest BCUT2D eigenvalue weighted by atomic mass is 35.5. The van der Waals surface area contributed by atoms with E-state index in [2.05, 4.69) is 0 Å². The van der Waals surface area contributed by atoms with Gasteiger partial charge in [-0.2, -0.15) is 0 Å². The molecule has 9 heteroatoms.